The van der Waals surface area contributed by atoms with Gasteiger partial charge in [-0.15, -0.1) is 0 Å². The number of halogens is 3. The Bertz CT molecular complexity index is 558. The first-order chi connectivity index (χ1) is 9.74. The van der Waals surface area contributed by atoms with Gasteiger partial charge in [0.05, 0.1) is 10.6 Å². The lowest BCUT2D eigenvalue weighted by Crippen LogP contribution is -2.25. The second-order valence-corrected chi connectivity index (χ2v) is 6.52. The molecule has 0 heterocycles. The monoisotopic (exact) mass is 325 g/mol. The summed E-state index contributed by atoms with van der Waals surface area (Å²) in [4.78, 5) is -0.781. The summed E-state index contributed by atoms with van der Waals surface area (Å²) in [6, 6.07) is 4.93. The van der Waals surface area contributed by atoms with Crippen LogP contribution in [0.1, 0.15) is 19.8 Å². The summed E-state index contributed by atoms with van der Waals surface area (Å²) in [5, 5.41) is 11.6. The van der Waals surface area contributed by atoms with Gasteiger partial charge < -0.3 is 10.4 Å². The van der Waals surface area contributed by atoms with Crippen LogP contribution in [0.4, 0.5) is 18.9 Å². The van der Waals surface area contributed by atoms with Crippen LogP contribution < -0.4 is 5.32 Å². The molecule has 1 rings (SSSR count). The largest absolute Gasteiger partial charge is 0.501 e. The molecule has 0 spiro atoms. The van der Waals surface area contributed by atoms with E-state index >= 15 is 0 Å². The van der Waals surface area contributed by atoms with E-state index in [0.29, 0.717) is 13.0 Å². The first-order valence-corrected chi connectivity index (χ1v) is 7.97. The van der Waals surface area contributed by atoms with E-state index in [-0.39, 0.29) is 18.2 Å². The lowest BCUT2D eigenvalue weighted by molar-refractivity contribution is -0.0435. The Balaban J connectivity index is 3.01. The fourth-order valence-corrected chi connectivity index (χ4v) is 2.80. The van der Waals surface area contributed by atoms with Gasteiger partial charge >= 0.3 is 5.51 Å². The average molecular weight is 325 g/mol. The molecule has 0 aliphatic heterocycles. The number of benzene rings is 1. The van der Waals surface area contributed by atoms with Crippen molar-refractivity contribution in [3.63, 3.8) is 0 Å². The molecule has 1 aromatic rings. The zero-order valence-electron chi connectivity index (χ0n) is 11.5. The molecule has 1 unspecified atom stereocenters. The minimum absolute atomic E-state index is 0.0251. The molecular formula is C13H18F3NO3S. The maximum atomic E-state index is 12.6. The summed E-state index contributed by atoms with van der Waals surface area (Å²) < 4.78 is 60.9. The molecule has 21 heavy (non-hydrogen) atoms. The van der Waals surface area contributed by atoms with Crippen LogP contribution in [-0.4, -0.2) is 32.2 Å². The van der Waals surface area contributed by atoms with Crippen LogP contribution in [-0.2, 0) is 9.84 Å². The number of aliphatic hydroxyl groups is 1. The second kappa shape index (κ2) is 7.13. The Kier molecular flexibility index (Phi) is 6.03. The van der Waals surface area contributed by atoms with E-state index in [2.05, 4.69) is 5.32 Å². The topological polar surface area (TPSA) is 66.4 Å². The number of aliphatic hydroxyl groups excluding tert-OH is 1. The van der Waals surface area contributed by atoms with E-state index in [0.717, 1.165) is 12.5 Å². The van der Waals surface area contributed by atoms with Crippen LogP contribution in [0, 0.1) is 5.92 Å². The highest BCUT2D eigenvalue weighted by atomic mass is 32.2. The summed E-state index contributed by atoms with van der Waals surface area (Å²) in [5.74, 6) is 0.0525. The molecule has 0 fully saturated rings. The third-order valence-electron chi connectivity index (χ3n) is 3.18. The molecular weight excluding hydrogens is 307 g/mol. The molecule has 1 aromatic carbocycles. The van der Waals surface area contributed by atoms with Gasteiger partial charge in [-0.05, 0) is 24.5 Å². The predicted octanol–water partition coefficient (Wildman–Crippen LogP) is 2.80. The van der Waals surface area contributed by atoms with Crippen LogP contribution in [0.3, 0.4) is 0 Å². The van der Waals surface area contributed by atoms with Crippen LogP contribution in [0.5, 0.6) is 0 Å². The zero-order valence-corrected chi connectivity index (χ0v) is 12.3. The fraction of sp³-hybridized carbons (Fsp3) is 0.538. The van der Waals surface area contributed by atoms with Gasteiger partial charge in [0.2, 0.25) is 0 Å². The Morgan fingerprint density at radius 2 is 1.90 bits per heavy atom. The first-order valence-electron chi connectivity index (χ1n) is 6.49. The predicted molar refractivity (Wildman–Crippen MR) is 73.7 cm³/mol. The quantitative estimate of drug-likeness (QED) is 0.809. The van der Waals surface area contributed by atoms with Crippen molar-refractivity contribution < 1.29 is 26.7 Å². The molecule has 4 nitrogen and oxygen atoms in total. The summed E-state index contributed by atoms with van der Waals surface area (Å²) in [7, 11) is -5.39. The highest BCUT2D eigenvalue weighted by Gasteiger charge is 2.47. The Labute approximate surface area is 121 Å². The number of hydrogen-bond donors (Lipinski definition) is 2. The number of sulfone groups is 1. The van der Waals surface area contributed by atoms with Gasteiger partial charge in [-0.2, -0.15) is 13.2 Å². The number of rotatable bonds is 7. The molecule has 0 aliphatic rings. The lowest BCUT2D eigenvalue weighted by atomic mass is 10.0. The highest BCUT2D eigenvalue weighted by molar-refractivity contribution is 7.92. The van der Waals surface area contributed by atoms with Crippen molar-refractivity contribution in [2.24, 2.45) is 5.92 Å². The third-order valence-corrected chi connectivity index (χ3v) is 4.72. The van der Waals surface area contributed by atoms with Crippen molar-refractivity contribution in [2.45, 2.75) is 30.2 Å². The number of anilines is 1. The zero-order chi connectivity index (χ0) is 16.1. The Hall–Kier alpha value is -1.28. The fourth-order valence-electron chi connectivity index (χ4n) is 1.86. The smallest absolute Gasteiger partial charge is 0.396 e. The van der Waals surface area contributed by atoms with E-state index in [1.54, 1.807) is 0 Å². The van der Waals surface area contributed by atoms with Crippen LogP contribution >= 0.6 is 0 Å². The Morgan fingerprint density at radius 1 is 1.29 bits per heavy atom. The molecule has 120 valence electrons. The van der Waals surface area contributed by atoms with Crippen LogP contribution in [0.2, 0.25) is 0 Å². The van der Waals surface area contributed by atoms with E-state index in [9.17, 15) is 21.6 Å². The SMILES string of the molecule is CCC(CCO)CNc1ccccc1S(=O)(=O)C(F)(F)F. The van der Waals surface area contributed by atoms with Crippen LogP contribution in [0.15, 0.2) is 29.2 Å². The summed E-state index contributed by atoms with van der Waals surface area (Å²) in [6.07, 6.45) is 1.22. The standard InChI is InChI=1S/C13H18F3NO3S/c1-2-10(7-8-18)9-17-11-5-3-4-6-12(11)21(19,20)13(14,15)16/h3-6,10,17-18H,2,7-9H2,1H3. The molecule has 0 saturated carbocycles. The second-order valence-electron chi connectivity index (χ2n) is 4.61. The van der Waals surface area contributed by atoms with Gasteiger partial charge in [-0.1, -0.05) is 25.5 Å². The first kappa shape index (κ1) is 17.8. The molecule has 0 radical (unpaired) electrons. The number of para-hydroxylation sites is 1. The minimum atomic E-state index is -5.39. The van der Waals surface area contributed by atoms with Gasteiger partial charge in [0, 0.05) is 13.2 Å². The molecule has 0 aromatic heterocycles. The van der Waals surface area contributed by atoms with Gasteiger partial charge in [-0.25, -0.2) is 8.42 Å². The maximum absolute atomic E-state index is 12.6. The van der Waals surface area contributed by atoms with E-state index < -0.39 is 20.2 Å². The van der Waals surface area contributed by atoms with E-state index in [1.807, 2.05) is 6.92 Å². The molecule has 0 aliphatic carbocycles. The van der Waals surface area contributed by atoms with E-state index in [1.165, 1.54) is 18.2 Å². The van der Waals surface area contributed by atoms with Crippen molar-refractivity contribution in [2.75, 3.05) is 18.5 Å². The number of nitrogens with one attached hydrogen (secondary N) is 1. The minimum Gasteiger partial charge on any atom is -0.396 e. The van der Waals surface area contributed by atoms with E-state index in [4.69, 9.17) is 5.11 Å². The summed E-state index contributed by atoms with van der Waals surface area (Å²) in [6.45, 7) is 2.16. The number of alkyl halides is 3. The maximum Gasteiger partial charge on any atom is 0.501 e. The summed E-state index contributed by atoms with van der Waals surface area (Å²) in [5.41, 5.74) is -5.41. The van der Waals surface area contributed by atoms with Crippen molar-refractivity contribution in [1.29, 1.82) is 0 Å². The molecule has 0 bridgehead atoms. The molecule has 0 saturated heterocycles. The Morgan fingerprint density at radius 3 is 2.43 bits per heavy atom. The average Bonchev–Trinajstić information content (AvgIpc) is 2.42. The molecule has 1 atom stereocenters. The van der Waals surface area contributed by atoms with Gasteiger partial charge in [0.25, 0.3) is 9.84 Å². The van der Waals surface area contributed by atoms with Crippen molar-refractivity contribution in [1.82, 2.24) is 0 Å². The number of hydrogen-bond acceptors (Lipinski definition) is 4. The third kappa shape index (κ3) is 4.34. The van der Waals surface area contributed by atoms with Gasteiger partial charge in [0.15, 0.2) is 0 Å². The van der Waals surface area contributed by atoms with Crippen molar-refractivity contribution in [3.05, 3.63) is 24.3 Å². The van der Waals surface area contributed by atoms with Gasteiger partial charge in [0.1, 0.15) is 0 Å². The molecule has 2 N–H and O–H groups in total. The van der Waals surface area contributed by atoms with Crippen molar-refractivity contribution in [3.8, 4) is 0 Å². The highest BCUT2D eigenvalue weighted by Crippen LogP contribution is 2.34. The van der Waals surface area contributed by atoms with Crippen LogP contribution in [0.25, 0.3) is 0 Å². The van der Waals surface area contributed by atoms with Crippen molar-refractivity contribution >= 4 is 15.5 Å². The molecule has 8 heteroatoms. The summed E-state index contributed by atoms with van der Waals surface area (Å²) >= 11 is 0. The lowest BCUT2D eigenvalue weighted by Gasteiger charge is -2.18. The molecule has 0 amide bonds. The normalized spacial score (nSPS) is 14.0. The van der Waals surface area contributed by atoms with Gasteiger partial charge in [-0.3, -0.25) is 0 Å².